The first-order valence-corrected chi connectivity index (χ1v) is 9.57. The molecule has 3 heterocycles. The number of rotatable bonds is 5. The van der Waals surface area contributed by atoms with Crippen molar-refractivity contribution < 1.29 is 4.74 Å². The minimum atomic E-state index is -0.0156. The number of hydrogen-bond donors (Lipinski definition) is 0. The van der Waals surface area contributed by atoms with E-state index in [0.717, 1.165) is 48.0 Å². The Hall–Kier alpha value is -2.21. The second-order valence-corrected chi connectivity index (χ2v) is 7.27. The number of ether oxygens (including phenoxy) is 1. The molecule has 0 aliphatic carbocycles. The van der Waals surface area contributed by atoms with Crippen LogP contribution < -0.4 is 0 Å². The van der Waals surface area contributed by atoms with Crippen LogP contribution in [-0.4, -0.2) is 39.4 Å². The zero-order valence-corrected chi connectivity index (χ0v) is 16.1. The first kappa shape index (κ1) is 18.2. The Bertz CT molecular complexity index is 910. The first-order chi connectivity index (χ1) is 13.2. The van der Waals surface area contributed by atoms with E-state index in [2.05, 4.69) is 22.1 Å². The van der Waals surface area contributed by atoms with Crippen molar-refractivity contribution in [2.24, 2.45) is 7.05 Å². The van der Waals surface area contributed by atoms with E-state index in [9.17, 15) is 0 Å². The van der Waals surface area contributed by atoms with Crippen LogP contribution in [0.5, 0.6) is 0 Å². The Labute approximate surface area is 164 Å². The molecule has 3 aromatic rings. The van der Waals surface area contributed by atoms with Gasteiger partial charge in [0, 0.05) is 50.0 Å². The van der Waals surface area contributed by atoms with Gasteiger partial charge in [0.15, 0.2) is 0 Å². The van der Waals surface area contributed by atoms with E-state index < -0.39 is 0 Å². The fourth-order valence-corrected chi connectivity index (χ4v) is 3.63. The molecular weight excluding hydrogens is 360 g/mol. The van der Waals surface area contributed by atoms with Gasteiger partial charge < -0.3 is 4.74 Å². The molecule has 1 atom stereocenters. The third-order valence-electron chi connectivity index (χ3n) is 4.95. The molecule has 1 aliphatic heterocycles. The van der Waals surface area contributed by atoms with Crippen LogP contribution in [0.1, 0.15) is 28.7 Å². The third kappa shape index (κ3) is 4.38. The predicted molar refractivity (Wildman–Crippen MR) is 106 cm³/mol. The van der Waals surface area contributed by atoms with Gasteiger partial charge in [-0.05, 0) is 29.8 Å². The maximum absolute atomic E-state index is 6.30. The number of pyridine rings is 1. The highest BCUT2D eigenvalue weighted by molar-refractivity contribution is 6.31. The normalized spacial score (nSPS) is 17.9. The minimum absolute atomic E-state index is 0.0156. The Balaban J connectivity index is 1.46. The van der Waals surface area contributed by atoms with Gasteiger partial charge >= 0.3 is 0 Å². The van der Waals surface area contributed by atoms with Gasteiger partial charge in [0.05, 0.1) is 18.0 Å². The number of aromatic nitrogens is 3. The van der Waals surface area contributed by atoms with Crippen LogP contribution in [0.15, 0.2) is 54.7 Å². The number of morpholine rings is 1. The van der Waals surface area contributed by atoms with Gasteiger partial charge in [0.1, 0.15) is 6.10 Å². The molecule has 0 saturated carbocycles. The average molecular weight is 383 g/mol. The van der Waals surface area contributed by atoms with Crippen LogP contribution in [0.4, 0.5) is 0 Å². The summed E-state index contributed by atoms with van der Waals surface area (Å²) in [5.74, 6) is 0. The summed E-state index contributed by atoms with van der Waals surface area (Å²) in [7, 11) is 1.98. The molecule has 1 aromatic carbocycles. The molecule has 5 nitrogen and oxygen atoms in total. The number of nitrogens with zero attached hydrogens (tertiary/aromatic N) is 4. The lowest BCUT2D eigenvalue weighted by atomic mass is 10.1. The zero-order chi connectivity index (χ0) is 18.6. The summed E-state index contributed by atoms with van der Waals surface area (Å²) >= 11 is 6.30. The standard InChI is InChI=1S/C21H23ClN4O/c1-25-18(9-10-23-25)14-26-11-12-27-21(15-26)20-8-4-6-17(24-20)13-16-5-2-3-7-19(16)22/h2-10,21H,11-15H2,1H3. The maximum atomic E-state index is 6.30. The maximum Gasteiger partial charge on any atom is 0.112 e. The van der Waals surface area contributed by atoms with Crippen LogP contribution in [0.25, 0.3) is 0 Å². The van der Waals surface area contributed by atoms with E-state index in [1.807, 2.05) is 54.3 Å². The van der Waals surface area contributed by atoms with Crippen LogP contribution >= 0.6 is 11.6 Å². The molecule has 6 heteroatoms. The highest BCUT2D eigenvalue weighted by Crippen LogP contribution is 2.23. The second-order valence-electron chi connectivity index (χ2n) is 6.86. The molecular formula is C21H23ClN4O. The van der Waals surface area contributed by atoms with Gasteiger partial charge in [-0.1, -0.05) is 35.9 Å². The fourth-order valence-electron chi connectivity index (χ4n) is 3.42. The molecule has 1 fully saturated rings. The van der Waals surface area contributed by atoms with Crippen LogP contribution in [0.2, 0.25) is 5.02 Å². The molecule has 140 valence electrons. The Morgan fingerprint density at radius 3 is 2.85 bits per heavy atom. The van der Waals surface area contributed by atoms with Gasteiger partial charge in [-0.3, -0.25) is 14.6 Å². The highest BCUT2D eigenvalue weighted by atomic mass is 35.5. The van der Waals surface area contributed by atoms with E-state index >= 15 is 0 Å². The molecule has 1 unspecified atom stereocenters. The van der Waals surface area contributed by atoms with Gasteiger partial charge in [-0.25, -0.2) is 0 Å². The van der Waals surface area contributed by atoms with Gasteiger partial charge in [-0.2, -0.15) is 5.10 Å². The average Bonchev–Trinajstić information content (AvgIpc) is 3.09. The van der Waals surface area contributed by atoms with Crippen molar-refractivity contribution in [2.45, 2.75) is 19.1 Å². The molecule has 0 amide bonds. The predicted octanol–water partition coefficient (Wildman–Crippen LogP) is 3.63. The molecule has 0 spiro atoms. The Morgan fingerprint density at radius 2 is 2.04 bits per heavy atom. The fraction of sp³-hybridized carbons (Fsp3) is 0.333. The van der Waals surface area contributed by atoms with E-state index in [1.165, 1.54) is 5.69 Å². The number of halogens is 1. The van der Waals surface area contributed by atoms with Crippen molar-refractivity contribution in [1.29, 1.82) is 0 Å². The summed E-state index contributed by atoms with van der Waals surface area (Å²) < 4.78 is 7.94. The zero-order valence-electron chi connectivity index (χ0n) is 15.4. The largest absolute Gasteiger partial charge is 0.369 e. The topological polar surface area (TPSA) is 43.2 Å². The molecule has 0 radical (unpaired) electrons. The summed E-state index contributed by atoms with van der Waals surface area (Å²) in [4.78, 5) is 7.25. The van der Waals surface area contributed by atoms with E-state index in [-0.39, 0.29) is 6.10 Å². The number of hydrogen-bond acceptors (Lipinski definition) is 4. The third-order valence-corrected chi connectivity index (χ3v) is 5.31. The number of aryl methyl sites for hydroxylation is 1. The Morgan fingerprint density at radius 1 is 1.15 bits per heavy atom. The molecule has 0 N–H and O–H groups in total. The Kier molecular flexibility index (Phi) is 5.53. The van der Waals surface area contributed by atoms with Crippen molar-refractivity contribution in [3.05, 3.63) is 82.4 Å². The van der Waals surface area contributed by atoms with Crippen LogP contribution in [-0.2, 0) is 24.8 Å². The molecule has 27 heavy (non-hydrogen) atoms. The van der Waals surface area contributed by atoms with Crippen molar-refractivity contribution in [2.75, 3.05) is 19.7 Å². The summed E-state index contributed by atoms with van der Waals surface area (Å²) in [5.41, 5.74) is 4.28. The van der Waals surface area contributed by atoms with Crippen molar-refractivity contribution >= 4 is 11.6 Å². The second kappa shape index (κ2) is 8.21. The molecule has 2 aromatic heterocycles. The van der Waals surface area contributed by atoms with Crippen LogP contribution in [0, 0.1) is 0 Å². The lowest BCUT2D eigenvalue weighted by Crippen LogP contribution is -2.38. The smallest absolute Gasteiger partial charge is 0.112 e. The first-order valence-electron chi connectivity index (χ1n) is 9.19. The van der Waals surface area contributed by atoms with E-state index in [4.69, 9.17) is 21.3 Å². The molecule has 4 rings (SSSR count). The highest BCUT2D eigenvalue weighted by Gasteiger charge is 2.24. The summed E-state index contributed by atoms with van der Waals surface area (Å²) in [5, 5.41) is 5.03. The molecule has 1 saturated heterocycles. The van der Waals surface area contributed by atoms with E-state index in [0.29, 0.717) is 6.61 Å². The van der Waals surface area contributed by atoms with Gasteiger partial charge in [0.2, 0.25) is 0 Å². The number of benzene rings is 1. The lowest BCUT2D eigenvalue weighted by molar-refractivity contribution is -0.0357. The van der Waals surface area contributed by atoms with Crippen molar-refractivity contribution in [3.8, 4) is 0 Å². The molecule has 1 aliphatic rings. The summed E-state index contributed by atoms with van der Waals surface area (Å²) in [6, 6.07) is 16.1. The van der Waals surface area contributed by atoms with Crippen molar-refractivity contribution in [3.63, 3.8) is 0 Å². The summed E-state index contributed by atoms with van der Waals surface area (Å²) in [6.45, 7) is 3.32. The van der Waals surface area contributed by atoms with Gasteiger partial charge in [-0.15, -0.1) is 0 Å². The SMILES string of the molecule is Cn1nccc1CN1CCOC(c2cccc(Cc3ccccc3Cl)n2)C1. The van der Waals surface area contributed by atoms with Crippen molar-refractivity contribution in [1.82, 2.24) is 19.7 Å². The lowest BCUT2D eigenvalue weighted by Gasteiger charge is -2.32. The molecule has 0 bridgehead atoms. The minimum Gasteiger partial charge on any atom is -0.369 e. The monoisotopic (exact) mass is 382 g/mol. The van der Waals surface area contributed by atoms with E-state index in [1.54, 1.807) is 0 Å². The van der Waals surface area contributed by atoms with Gasteiger partial charge in [0.25, 0.3) is 0 Å². The quantitative estimate of drug-likeness (QED) is 0.675. The van der Waals surface area contributed by atoms with Crippen LogP contribution in [0.3, 0.4) is 0 Å². The summed E-state index contributed by atoms with van der Waals surface area (Å²) in [6.07, 6.45) is 2.55.